The number of hydrogen-bond donors (Lipinski definition) is 1. The zero-order valence-corrected chi connectivity index (χ0v) is 13.6. The van der Waals surface area contributed by atoms with E-state index in [9.17, 15) is 4.79 Å². The molecule has 3 unspecified atom stereocenters. The Hall–Kier alpha value is -1.01. The van der Waals surface area contributed by atoms with Crippen LogP contribution in [0.1, 0.15) is 53.9 Å². The van der Waals surface area contributed by atoms with Crippen LogP contribution in [0.15, 0.2) is 0 Å². The van der Waals surface area contributed by atoms with Gasteiger partial charge >= 0.3 is 0 Å². The number of fused-ring (bicyclic) bond motifs is 1. The first-order valence-corrected chi connectivity index (χ1v) is 7.52. The van der Waals surface area contributed by atoms with E-state index in [1.807, 2.05) is 34.7 Å². The van der Waals surface area contributed by atoms with Gasteiger partial charge < -0.3 is 10.2 Å². The van der Waals surface area contributed by atoms with Gasteiger partial charge in [0.2, 0.25) is 5.91 Å². The summed E-state index contributed by atoms with van der Waals surface area (Å²) in [5.74, 6) is 1.20. The average molecular weight is 268 g/mol. The van der Waals surface area contributed by atoms with E-state index < -0.39 is 0 Å². The second-order valence-electron chi connectivity index (χ2n) is 4.33. The van der Waals surface area contributed by atoms with Crippen molar-refractivity contribution in [2.45, 2.75) is 66.0 Å². The van der Waals surface area contributed by atoms with Crippen molar-refractivity contribution in [3.8, 4) is 12.8 Å². The maximum absolute atomic E-state index is 11.7. The summed E-state index contributed by atoms with van der Waals surface area (Å²) in [4.78, 5) is 13.8. The van der Waals surface area contributed by atoms with Crippen molar-refractivity contribution in [2.75, 3.05) is 13.6 Å². The molecule has 0 bridgehead atoms. The van der Waals surface area contributed by atoms with Crippen molar-refractivity contribution in [2.24, 2.45) is 5.92 Å². The Morgan fingerprint density at radius 1 is 1.32 bits per heavy atom. The SMILES string of the molecule is C#C.CC.CC.CNC(C)CC(=O)N1CCC2CC21. The van der Waals surface area contributed by atoms with Gasteiger partial charge in [-0.2, -0.15) is 0 Å². The summed E-state index contributed by atoms with van der Waals surface area (Å²) >= 11 is 0. The van der Waals surface area contributed by atoms with E-state index in [2.05, 4.69) is 30.0 Å². The lowest BCUT2D eigenvalue weighted by atomic mass is 10.2. The normalized spacial score (nSPS) is 23.3. The summed E-state index contributed by atoms with van der Waals surface area (Å²) in [6.45, 7) is 11.1. The minimum absolute atomic E-state index is 0.310. The number of hydrogen-bond acceptors (Lipinski definition) is 2. The Morgan fingerprint density at radius 2 is 1.84 bits per heavy atom. The summed E-state index contributed by atoms with van der Waals surface area (Å²) < 4.78 is 0. The summed E-state index contributed by atoms with van der Waals surface area (Å²) in [7, 11) is 1.90. The third-order valence-corrected chi connectivity index (χ3v) is 3.32. The Balaban J connectivity index is 0. The van der Waals surface area contributed by atoms with Crippen molar-refractivity contribution in [1.82, 2.24) is 10.2 Å². The molecule has 2 rings (SSSR count). The summed E-state index contributed by atoms with van der Waals surface area (Å²) in [6, 6.07) is 0.932. The fraction of sp³-hybridized carbons (Fsp3) is 0.812. The van der Waals surface area contributed by atoms with Gasteiger partial charge in [0.05, 0.1) is 0 Å². The second-order valence-corrected chi connectivity index (χ2v) is 4.33. The molecule has 19 heavy (non-hydrogen) atoms. The molecular formula is C16H32N2O. The molecule has 112 valence electrons. The van der Waals surface area contributed by atoms with Gasteiger partial charge in [-0.1, -0.05) is 27.7 Å². The van der Waals surface area contributed by atoms with Gasteiger partial charge in [-0.05, 0) is 32.7 Å². The zero-order chi connectivity index (χ0) is 15.4. The quantitative estimate of drug-likeness (QED) is 0.798. The van der Waals surface area contributed by atoms with Gasteiger partial charge in [-0.15, -0.1) is 12.8 Å². The summed E-state index contributed by atoms with van der Waals surface area (Å²) in [6.07, 6.45) is 11.2. The molecule has 1 saturated heterocycles. The van der Waals surface area contributed by atoms with Crippen LogP contribution >= 0.6 is 0 Å². The van der Waals surface area contributed by atoms with Crippen molar-refractivity contribution in [1.29, 1.82) is 0 Å². The average Bonchev–Trinajstić information content (AvgIpc) is 3.15. The van der Waals surface area contributed by atoms with Crippen LogP contribution in [0.3, 0.4) is 0 Å². The van der Waals surface area contributed by atoms with Crippen LogP contribution in [0.4, 0.5) is 0 Å². The van der Waals surface area contributed by atoms with Crippen LogP contribution in [0.2, 0.25) is 0 Å². The van der Waals surface area contributed by atoms with E-state index in [-0.39, 0.29) is 0 Å². The van der Waals surface area contributed by atoms with Crippen molar-refractivity contribution in [3.05, 3.63) is 0 Å². The molecule has 0 spiro atoms. The maximum Gasteiger partial charge on any atom is 0.224 e. The predicted molar refractivity (Wildman–Crippen MR) is 83.9 cm³/mol. The van der Waals surface area contributed by atoms with Gasteiger partial charge in [-0.25, -0.2) is 0 Å². The smallest absolute Gasteiger partial charge is 0.224 e. The highest BCUT2D eigenvalue weighted by Crippen LogP contribution is 2.44. The van der Waals surface area contributed by atoms with E-state index in [1.165, 1.54) is 12.8 Å². The van der Waals surface area contributed by atoms with E-state index in [1.54, 1.807) is 0 Å². The molecule has 1 amide bonds. The molecule has 1 aliphatic heterocycles. The van der Waals surface area contributed by atoms with Crippen LogP contribution in [-0.2, 0) is 4.79 Å². The first-order valence-electron chi connectivity index (χ1n) is 7.52. The number of carbonyl (C=O) groups is 1. The number of terminal acetylenes is 1. The van der Waals surface area contributed by atoms with Gasteiger partial charge in [0.15, 0.2) is 0 Å². The highest BCUT2D eigenvalue weighted by atomic mass is 16.2. The van der Waals surface area contributed by atoms with E-state index in [4.69, 9.17) is 0 Å². The van der Waals surface area contributed by atoms with Crippen LogP contribution < -0.4 is 5.32 Å². The molecule has 1 heterocycles. The molecular weight excluding hydrogens is 236 g/mol. The van der Waals surface area contributed by atoms with Crippen LogP contribution in [-0.4, -0.2) is 36.5 Å². The topological polar surface area (TPSA) is 32.3 Å². The fourth-order valence-corrected chi connectivity index (χ4v) is 2.19. The van der Waals surface area contributed by atoms with Crippen LogP contribution in [0.25, 0.3) is 0 Å². The van der Waals surface area contributed by atoms with Crippen LogP contribution in [0, 0.1) is 18.8 Å². The third-order valence-electron chi connectivity index (χ3n) is 3.32. The standard InChI is InChI=1S/C10H18N2O.2C2H6.C2H2/c1-7(11-2)5-10(13)12-4-3-8-6-9(8)12;3*1-2/h7-9,11H,3-6H2,1-2H3;2*1-2H3;1-2H. The number of carbonyl (C=O) groups excluding carboxylic acids is 1. The number of piperidine rings is 1. The van der Waals surface area contributed by atoms with Gasteiger partial charge in [-0.3, -0.25) is 4.79 Å². The lowest BCUT2D eigenvalue weighted by molar-refractivity contribution is -0.131. The predicted octanol–water partition coefficient (Wildman–Crippen LogP) is 2.91. The first kappa shape index (κ1) is 20.3. The minimum atomic E-state index is 0.310. The highest BCUT2D eigenvalue weighted by Gasteiger charge is 2.48. The molecule has 0 radical (unpaired) electrons. The Morgan fingerprint density at radius 3 is 2.16 bits per heavy atom. The third kappa shape index (κ3) is 6.63. The van der Waals surface area contributed by atoms with Crippen molar-refractivity contribution < 1.29 is 4.79 Å². The first-order chi connectivity index (χ1) is 9.22. The number of likely N-dealkylation sites (tertiary alicyclic amines) is 1. The highest BCUT2D eigenvalue weighted by molar-refractivity contribution is 5.78. The lowest BCUT2D eigenvalue weighted by Crippen LogP contribution is -2.35. The lowest BCUT2D eigenvalue weighted by Gasteiger charge is -2.20. The van der Waals surface area contributed by atoms with Gasteiger partial charge in [0.25, 0.3) is 0 Å². The van der Waals surface area contributed by atoms with E-state index in [0.29, 0.717) is 24.4 Å². The Kier molecular flexibility index (Phi) is 12.9. The van der Waals surface area contributed by atoms with Gasteiger partial charge in [0, 0.05) is 25.0 Å². The molecule has 0 aromatic carbocycles. The second kappa shape index (κ2) is 12.0. The molecule has 3 nitrogen and oxygen atoms in total. The molecule has 1 N–H and O–H groups in total. The molecule has 2 fully saturated rings. The molecule has 3 heteroatoms. The van der Waals surface area contributed by atoms with E-state index in [0.717, 1.165) is 12.5 Å². The zero-order valence-electron chi connectivity index (χ0n) is 13.6. The molecule has 3 atom stereocenters. The fourth-order valence-electron chi connectivity index (χ4n) is 2.19. The van der Waals surface area contributed by atoms with E-state index >= 15 is 0 Å². The minimum Gasteiger partial charge on any atom is -0.339 e. The van der Waals surface area contributed by atoms with Gasteiger partial charge in [0.1, 0.15) is 0 Å². The number of nitrogens with zero attached hydrogens (tertiary/aromatic N) is 1. The molecule has 0 aromatic heterocycles. The number of rotatable bonds is 3. The maximum atomic E-state index is 11.7. The largest absolute Gasteiger partial charge is 0.339 e. The van der Waals surface area contributed by atoms with Crippen molar-refractivity contribution in [3.63, 3.8) is 0 Å². The Bertz CT molecular complexity index is 250. The summed E-state index contributed by atoms with van der Waals surface area (Å²) in [5, 5.41) is 3.10. The Labute approximate surface area is 120 Å². The molecule has 1 aliphatic carbocycles. The summed E-state index contributed by atoms with van der Waals surface area (Å²) in [5.41, 5.74) is 0. The van der Waals surface area contributed by atoms with Crippen molar-refractivity contribution >= 4 is 5.91 Å². The number of nitrogens with one attached hydrogen (secondary N) is 1. The van der Waals surface area contributed by atoms with Crippen LogP contribution in [0.5, 0.6) is 0 Å². The molecule has 1 saturated carbocycles. The monoisotopic (exact) mass is 268 g/mol. The molecule has 2 aliphatic rings. The molecule has 0 aromatic rings. The number of amides is 1.